The molecule has 0 rings (SSSR count). The van der Waals surface area contributed by atoms with Gasteiger partial charge in [0.1, 0.15) is 0 Å². The van der Waals surface area contributed by atoms with Crippen LogP contribution in [0.5, 0.6) is 0 Å². The zero-order valence-electron chi connectivity index (χ0n) is 6.06. The van der Waals surface area contributed by atoms with Crippen LogP contribution in [0.25, 0.3) is 0 Å². The Balaban J connectivity index is 0. The Bertz CT molecular complexity index is 30.2. The third kappa shape index (κ3) is 29.8. The van der Waals surface area contributed by atoms with Crippen molar-refractivity contribution in [1.82, 2.24) is 0 Å². The molecule has 0 fully saturated rings. The molecule has 2 nitrogen and oxygen atoms in total. The monoisotopic (exact) mass is 198 g/mol. The third-order valence-corrected chi connectivity index (χ3v) is 0.847. The number of halogens is 1. The number of aliphatic hydroxyl groups excluding tert-OH is 1. The van der Waals surface area contributed by atoms with Crippen molar-refractivity contribution in [2.24, 2.45) is 0 Å². The number of hydrogen-bond acceptors (Lipinski definition) is 2. The molecule has 3 heteroatoms. The minimum Gasteiger partial charge on any atom is -0.396 e. The molecule has 0 heterocycles. The van der Waals surface area contributed by atoms with E-state index in [1.807, 2.05) is 13.8 Å². The van der Waals surface area contributed by atoms with Gasteiger partial charge in [-0.2, -0.15) is 0 Å². The Kier molecular flexibility index (Phi) is 21.2. The lowest BCUT2D eigenvalue weighted by molar-refractivity contribution is 0.162. The van der Waals surface area contributed by atoms with E-state index in [0.717, 1.165) is 13.2 Å². The number of aliphatic hydroxyl groups is 1. The summed E-state index contributed by atoms with van der Waals surface area (Å²) < 4.78 is 4.83. The molecule has 0 bridgehead atoms. The quantitative estimate of drug-likeness (QED) is 0.696. The zero-order valence-corrected chi connectivity index (χ0v) is 7.65. The molecule has 0 aromatic rings. The topological polar surface area (TPSA) is 29.5 Å². The number of alkyl halides is 1. The van der Waals surface area contributed by atoms with Gasteiger partial charge >= 0.3 is 0 Å². The zero-order chi connectivity index (χ0) is 7.54. The molecule has 0 saturated carbocycles. The van der Waals surface area contributed by atoms with E-state index in [4.69, 9.17) is 9.84 Å². The summed E-state index contributed by atoms with van der Waals surface area (Å²) in [6.45, 7) is 5.90. The van der Waals surface area contributed by atoms with E-state index >= 15 is 0 Å². The average molecular weight is 199 g/mol. The molecule has 58 valence electrons. The maximum absolute atomic E-state index is 7.83. The van der Waals surface area contributed by atoms with Crippen LogP contribution in [0.2, 0.25) is 0 Å². The van der Waals surface area contributed by atoms with Crippen LogP contribution in [0.1, 0.15) is 13.8 Å². The average Bonchev–Trinajstić information content (AvgIpc) is 1.91. The predicted octanol–water partition coefficient (Wildman–Crippen LogP) is 1.42. The summed E-state index contributed by atoms with van der Waals surface area (Å²) in [4.78, 5) is 0. The van der Waals surface area contributed by atoms with Crippen molar-refractivity contribution in [2.45, 2.75) is 13.8 Å². The van der Waals surface area contributed by atoms with Gasteiger partial charge in [0.25, 0.3) is 0 Å². The van der Waals surface area contributed by atoms with Gasteiger partial charge in [-0.3, -0.25) is 0 Å². The molecule has 0 amide bonds. The first kappa shape index (κ1) is 12.1. The second kappa shape index (κ2) is 15.8. The van der Waals surface area contributed by atoms with Crippen molar-refractivity contribution in [3.8, 4) is 0 Å². The van der Waals surface area contributed by atoms with Gasteiger partial charge in [-0.25, -0.2) is 0 Å². The molecule has 9 heavy (non-hydrogen) atoms. The SMILES string of the molecule is CCOCC.OCCBr. The Morgan fingerprint density at radius 1 is 1.33 bits per heavy atom. The summed E-state index contributed by atoms with van der Waals surface area (Å²) in [5.74, 6) is 0. The smallest absolute Gasteiger partial charge is 0.0528 e. The molecule has 0 spiro atoms. The highest BCUT2D eigenvalue weighted by Crippen LogP contribution is 1.70. The Morgan fingerprint density at radius 2 is 1.67 bits per heavy atom. The van der Waals surface area contributed by atoms with Crippen LogP contribution in [0.4, 0.5) is 0 Å². The first-order valence-corrected chi connectivity index (χ1v) is 4.20. The summed E-state index contributed by atoms with van der Waals surface area (Å²) >= 11 is 3.00. The van der Waals surface area contributed by atoms with Gasteiger partial charge < -0.3 is 9.84 Å². The van der Waals surface area contributed by atoms with Gasteiger partial charge in [0, 0.05) is 18.5 Å². The fourth-order valence-corrected chi connectivity index (χ4v) is 0.204. The molecule has 0 atom stereocenters. The van der Waals surface area contributed by atoms with Gasteiger partial charge in [0.05, 0.1) is 6.61 Å². The fraction of sp³-hybridized carbons (Fsp3) is 1.00. The molecule has 0 aliphatic heterocycles. The highest BCUT2D eigenvalue weighted by Gasteiger charge is 1.64. The summed E-state index contributed by atoms with van der Waals surface area (Å²) in [5, 5.41) is 8.52. The van der Waals surface area contributed by atoms with Crippen molar-refractivity contribution in [2.75, 3.05) is 25.2 Å². The summed E-state index contributed by atoms with van der Waals surface area (Å²) in [6.07, 6.45) is 0. The lowest BCUT2D eigenvalue weighted by Gasteiger charge is -1.86. The van der Waals surface area contributed by atoms with E-state index in [-0.39, 0.29) is 6.61 Å². The Hall–Kier alpha value is 0.400. The van der Waals surface area contributed by atoms with E-state index in [9.17, 15) is 0 Å². The van der Waals surface area contributed by atoms with Crippen LogP contribution in [-0.4, -0.2) is 30.3 Å². The van der Waals surface area contributed by atoms with Crippen LogP contribution in [0.15, 0.2) is 0 Å². The van der Waals surface area contributed by atoms with Crippen LogP contribution in [0, 0.1) is 0 Å². The highest BCUT2D eigenvalue weighted by molar-refractivity contribution is 9.09. The number of ether oxygens (including phenoxy) is 1. The first-order chi connectivity index (χ1) is 4.33. The lowest BCUT2D eigenvalue weighted by Crippen LogP contribution is -1.84. The van der Waals surface area contributed by atoms with Gasteiger partial charge in [-0.05, 0) is 13.8 Å². The van der Waals surface area contributed by atoms with Crippen LogP contribution in [0.3, 0.4) is 0 Å². The van der Waals surface area contributed by atoms with Crippen LogP contribution < -0.4 is 0 Å². The van der Waals surface area contributed by atoms with Crippen molar-refractivity contribution in [3.63, 3.8) is 0 Å². The second-order valence-electron chi connectivity index (χ2n) is 1.19. The molecule has 1 N–H and O–H groups in total. The van der Waals surface area contributed by atoms with Crippen LogP contribution >= 0.6 is 15.9 Å². The summed E-state index contributed by atoms with van der Waals surface area (Å²) in [7, 11) is 0. The third-order valence-electron chi connectivity index (χ3n) is 0.493. The van der Waals surface area contributed by atoms with E-state index in [2.05, 4.69) is 15.9 Å². The number of rotatable bonds is 3. The van der Waals surface area contributed by atoms with E-state index < -0.39 is 0 Å². The molecule has 0 saturated heterocycles. The predicted molar refractivity (Wildman–Crippen MR) is 43.0 cm³/mol. The van der Waals surface area contributed by atoms with Crippen molar-refractivity contribution < 1.29 is 9.84 Å². The van der Waals surface area contributed by atoms with E-state index in [0.29, 0.717) is 5.33 Å². The van der Waals surface area contributed by atoms with Crippen molar-refractivity contribution >= 4 is 15.9 Å². The van der Waals surface area contributed by atoms with E-state index in [1.165, 1.54) is 0 Å². The largest absolute Gasteiger partial charge is 0.396 e. The van der Waals surface area contributed by atoms with Crippen molar-refractivity contribution in [3.05, 3.63) is 0 Å². The summed E-state index contributed by atoms with van der Waals surface area (Å²) in [5.41, 5.74) is 0. The molecule has 0 radical (unpaired) electrons. The molecule has 0 aromatic carbocycles. The maximum Gasteiger partial charge on any atom is 0.0528 e. The molecular weight excluding hydrogens is 184 g/mol. The van der Waals surface area contributed by atoms with Crippen LogP contribution in [-0.2, 0) is 4.74 Å². The first-order valence-electron chi connectivity index (χ1n) is 3.08. The minimum atomic E-state index is 0.236. The maximum atomic E-state index is 7.83. The van der Waals surface area contributed by atoms with E-state index in [1.54, 1.807) is 0 Å². The van der Waals surface area contributed by atoms with Gasteiger partial charge in [0.15, 0.2) is 0 Å². The molecule has 0 aliphatic rings. The van der Waals surface area contributed by atoms with Gasteiger partial charge in [-0.1, -0.05) is 15.9 Å². The number of hydrogen-bond donors (Lipinski definition) is 1. The Labute approximate surface area is 65.3 Å². The molecular formula is C6H15BrO2. The van der Waals surface area contributed by atoms with Crippen molar-refractivity contribution in [1.29, 1.82) is 0 Å². The van der Waals surface area contributed by atoms with Gasteiger partial charge in [-0.15, -0.1) is 0 Å². The second-order valence-corrected chi connectivity index (χ2v) is 1.99. The summed E-state index contributed by atoms with van der Waals surface area (Å²) in [6, 6.07) is 0. The Morgan fingerprint density at radius 3 is 1.67 bits per heavy atom. The molecule has 0 unspecified atom stereocenters. The highest BCUT2D eigenvalue weighted by atomic mass is 79.9. The fourth-order valence-electron chi connectivity index (χ4n) is 0.204. The standard InChI is InChI=1S/C4H10O.C2H5BrO/c1-3-5-4-2;3-1-2-4/h3-4H2,1-2H3;4H,1-2H2. The molecule has 0 aliphatic carbocycles. The van der Waals surface area contributed by atoms with Gasteiger partial charge in [0.2, 0.25) is 0 Å². The normalized spacial score (nSPS) is 8.00. The minimum absolute atomic E-state index is 0.236. The lowest BCUT2D eigenvalue weighted by atomic mass is 10.8. The molecule has 0 aromatic heterocycles.